The molecule has 0 heterocycles. The molecule has 13 heteroatoms. The Labute approximate surface area is 249 Å². The lowest BCUT2D eigenvalue weighted by atomic mass is 10.1. The Kier molecular flexibility index (Phi) is 10.7. The first-order valence-electron chi connectivity index (χ1n) is 12.3. The first-order valence-corrected chi connectivity index (χ1v) is 14.5. The molecule has 41 heavy (non-hydrogen) atoms. The minimum atomic E-state index is -4.43. The molecule has 0 aliphatic rings. The first-order chi connectivity index (χ1) is 19.5. The Balaban J connectivity index is 2.15. The van der Waals surface area contributed by atoms with Gasteiger partial charge in [0.25, 0.3) is 10.0 Å². The van der Waals surface area contributed by atoms with Crippen molar-refractivity contribution in [3.05, 3.63) is 76.3 Å². The van der Waals surface area contributed by atoms with Gasteiger partial charge in [0.2, 0.25) is 11.8 Å². The summed E-state index contributed by atoms with van der Waals surface area (Å²) in [5.41, 5.74) is 0.676. The molecule has 0 saturated carbocycles. The van der Waals surface area contributed by atoms with Gasteiger partial charge in [0.05, 0.1) is 31.9 Å². The molecule has 0 fully saturated rings. The van der Waals surface area contributed by atoms with Crippen LogP contribution in [0.3, 0.4) is 0 Å². The van der Waals surface area contributed by atoms with Gasteiger partial charge in [-0.1, -0.05) is 35.3 Å². The summed E-state index contributed by atoms with van der Waals surface area (Å²) in [6, 6.07) is 14.4. The number of anilines is 1. The number of halogens is 2. The third kappa shape index (κ3) is 7.35. The maximum atomic E-state index is 14.2. The van der Waals surface area contributed by atoms with Crippen LogP contribution in [0.5, 0.6) is 17.2 Å². The minimum absolute atomic E-state index is 0.00902. The molecular formula is C28H31Cl2N3O7S. The number of carbonyl (C=O) groups is 2. The van der Waals surface area contributed by atoms with Crippen LogP contribution in [0, 0.1) is 0 Å². The number of ether oxygens (including phenoxy) is 3. The van der Waals surface area contributed by atoms with Crippen molar-refractivity contribution >= 4 is 50.7 Å². The summed E-state index contributed by atoms with van der Waals surface area (Å²) >= 11 is 12.4. The number of nitrogens with zero attached hydrogens (tertiary/aromatic N) is 2. The smallest absolute Gasteiger partial charge is 0.265 e. The van der Waals surface area contributed by atoms with Crippen molar-refractivity contribution in [3.63, 3.8) is 0 Å². The van der Waals surface area contributed by atoms with Crippen LogP contribution in [0.1, 0.15) is 12.5 Å². The number of hydrogen-bond acceptors (Lipinski definition) is 7. The molecule has 1 atom stereocenters. The average Bonchev–Trinajstić information content (AvgIpc) is 2.97. The highest BCUT2D eigenvalue weighted by molar-refractivity contribution is 7.92. The van der Waals surface area contributed by atoms with Crippen molar-refractivity contribution < 1.29 is 32.2 Å². The van der Waals surface area contributed by atoms with E-state index in [-0.39, 0.29) is 33.6 Å². The summed E-state index contributed by atoms with van der Waals surface area (Å²) in [6.45, 7) is 0.856. The zero-order chi connectivity index (χ0) is 30.3. The van der Waals surface area contributed by atoms with Gasteiger partial charge in [-0.25, -0.2) is 8.42 Å². The second-order valence-electron chi connectivity index (χ2n) is 8.79. The topological polar surface area (TPSA) is 114 Å². The molecule has 0 aliphatic carbocycles. The fourth-order valence-corrected chi connectivity index (χ4v) is 5.91. The summed E-state index contributed by atoms with van der Waals surface area (Å²) < 4.78 is 45.2. The largest absolute Gasteiger partial charge is 0.495 e. The number of sulfonamides is 1. The molecule has 3 aromatic carbocycles. The molecule has 10 nitrogen and oxygen atoms in total. The van der Waals surface area contributed by atoms with Gasteiger partial charge >= 0.3 is 0 Å². The van der Waals surface area contributed by atoms with Crippen molar-refractivity contribution in [3.8, 4) is 17.2 Å². The molecule has 1 unspecified atom stereocenters. The number of hydrogen-bond donors (Lipinski definition) is 1. The maximum absolute atomic E-state index is 14.2. The van der Waals surface area contributed by atoms with Crippen LogP contribution in [0.2, 0.25) is 10.0 Å². The van der Waals surface area contributed by atoms with E-state index in [1.54, 1.807) is 31.2 Å². The lowest BCUT2D eigenvalue weighted by molar-refractivity contribution is -0.139. The van der Waals surface area contributed by atoms with E-state index in [0.717, 1.165) is 4.31 Å². The van der Waals surface area contributed by atoms with Crippen LogP contribution >= 0.6 is 23.2 Å². The van der Waals surface area contributed by atoms with E-state index in [4.69, 9.17) is 37.4 Å². The summed E-state index contributed by atoms with van der Waals surface area (Å²) in [5, 5.41) is 3.20. The fraction of sp³-hybridized carbons (Fsp3) is 0.286. The van der Waals surface area contributed by atoms with E-state index >= 15 is 0 Å². The average molecular weight is 625 g/mol. The fourth-order valence-electron chi connectivity index (χ4n) is 4.10. The highest BCUT2D eigenvalue weighted by atomic mass is 35.5. The lowest BCUT2D eigenvalue weighted by Gasteiger charge is -2.32. The molecular weight excluding hydrogens is 593 g/mol. The van der Waals surface area contributed by atoms with Gasteiger partial charge in [-0.2, -0.15) is 0 Å². The van der Waals surface area contributed by atoms with E-state index in [2.05, 4.69) is 5.32 Å². The Morgan fingerprint density at radius 1 is 0.878 bits per heavy atom. The molecule has 0 saturated heterocycles. The van der Waals surface area contributed by atoms with Gasteiger partial charge in [0, 0.05) is 29.7 Å². The normalized spacial score (nSPS) is 11.8. The number of methoxy groups -OCH3 is 3. The predicted molar refractivity (Wildman–Crippen MR) is 158 cm³/mol. The summed E-state index contributed by atoms with van der Waals surface area (Å²) in [4.78, 5) is 27.7. The van der Waals surface area contributed by atoms with Crippen LogP contribution in [-0.2, 0) is 26.2 Å². The predicted octanol–water partition coefficient (Wildman–Crippen LogP) is 4.38. The van der Waals surface area contributed by atoms with Crippen molar-refractivity contribution in [2.24, 2.45) is 0 Å². The highest BCUT2D eigenvalue weighted by Gasteiger charge is 2.34. The standard InChI is InChI=1S/C28H31Cl2N3O7S/c1-18(28(35)31-2)32(16-19-7-6-8-20(29)13-19)27(34)17-33(23-14-21(30)9-11-24(23)38-3)41(36,37)22-10-12-25(39-4)26(15-22)40-5/h6-15,18H,16-17H2,1-5H3,(H,31,35). The molecule has 0 aliphatic heterocycles. The number of likely N-dealkylation sites (N-methyl/N-ethyl adjacent to an activating group) is 1. The molecule has 220 valence electrons. The van der Waals surface area contributed by atoms with Crippen LogP contribution in [0.4, 0.5) is 5.69 Å². The molecule has 3 aromatic rings. The molecule has 1 N–H and O–H groups in total. The van der Waals surface area contributed by atoms with Crippen LogP contribution < -0.4 is 23.8 Å². The Bertz CT molecular complexity index is 1520. The summed E-state index contributed by atoms with van der Waals surface area (Å²) in [7, 11) is 1.19. The van der Waals surface area contributed by atoms with Crippen LogP contribution in [0.15, 0.2) is 65.6 Å². The van der Waals surface area contributed by atoms with Crippen molar-refractivity contribution in [1.29, 1.82) is 0 Å². The zero-order valence-corrected chi connectivity index (χ0v) is 25.5. The van der Waals surface area contributed by atoms with Crippen molar-refractivity contribution in [1.82, 2.24) is 10.2 Å². The number of benzene rings is 3. The second kappa shape index (κ2) is 13.8. The van der Waals surface area contributed by atoms with Gasteiger partial charge in [-0.15, -0.1) is 0 Å². The molecule has 2 amide bonds. The zero-order valence-electron chi connectivity index (χ0n) is 23.2. The van der Waals surface area contributed by atoms with Gasteiger partial charge in [0.1, 0.15) is 18.3 Å². The Hall–Kier alpha value is -3.67. The summed E-state index contributed by atoms with van der Waals surface area (Å²) in [5.74, 6) is -0.440. The lowest BCUT2D eigenvalue weighted by Crippen LogP contribution is -2.50. The molecule has 0 spiro atoms. The van der Waals surface area contributed by atoms with Gasteiger partial charge in [0.15, 0.2) is 11.5 Å². The Morgan fingerprint density at radius 2 is 1.51 bits per heavy atom. The van der Waals surface area contributed by atoms with Gasteiger partial charge in [-0.05, 0) is 55.0 Å². The van der Waals surface area contributed by atoms with Crippen molar-refractivity contribution in [2.45, 2.75) is 24.4 Å². The number of carbonyl (C=O) groups excluding carboxylic acids is 2. The monoisotopic (exact) mass is 623 g/mol. The van der Waals surface area contributed by atoms with E-state index in [1.807, 2.05) is 0 Å². The SMILES string of the molecule is CNC(=O)C(C)N(Cc1cccc(Cl)c1)C(=O)CN(c1cc(Cl)ccc1OC)S(=O)(=O)c1ccc(OC)c(OC)c1. The van der Waals surface area contributed by atoms with Gasteiger partial charge in [-0.3, -0.25) is 13.9 Å². The molecule has 3 rings (SSSR count). The number of amides is 2. The number of nitrogens with one attached hydrogen (secondary N) is 1. The first kappa shape index (κ1) is 31.9. The van der Waals surface area contributed by atoms with Crippen molar-refractivity contribution in [2.75, 3.05) is 39.2 Å². The third-order valence-electron chi connectivity index (χ3n) is 6.29. The van der Waals surface area contributed by atoms with Crippen LogP contribution in [-0.4, -0.2) is 66.1 Å². The third-order valence-corrected chi connectivity index (χ3v) is 8.51. The van der Waals surface area contributed by atoms with E-state index in [0.29, 0.717) is 16.3 Å². The molecule has 0 aromatic heterocycles. The minimum Gasteiger partial charge on any atom is -0.495 e. The second-order valence-corrected chi connectivity index (χ2v) is 11.5. The van der Waals surface area contributed by atoms with E-state index in [1.165, 1.54) is 69.7 Å². The molecule has 0 radical (unpaired) electrons. The van der Waals surface area contributed by atoms with Crippen LogP contribution in [0.25, 0.3) is 0 Å². The molecule has 0 bridgehead atoms. The summed E-state index contributed by atoms with van der Waals surface area (Å²) in [6.07, 6.45) is 0. The van der Waals surface area contributed by atoms with E-state index < -0.39 is 34.4 Å². The number of rotatable bonds is 12. The van der Waals surface area contributed by atoms with E-state index in [9.17, 15) is 18.0 Å². The van der Waals surface area contributed by atoms with Gasteiger partial charge < -0.3 is 24.4 Å². The maximum Gasteiger partial charge on any atom is 0.265 e. The quantitative estimate of drug-likeness (QED) is 0.318. The Morgan fingerprint density at radius 3 is 2.12 bits per heavy atom. The highest BCUT2D eigenvalue weighted by Crippen LogP contribution is 2.37.